The van der Waals surface area contributed by atoms with E-state index in [-0.39, 0.29) is 40.4 Å². The number of hydrogen-bond acceptors (Lipinski definition) is 4. The van der Waals surface area contributed by atoms with E-state index in [0.717, 1.165) is 12.8 Å². The number of hydrogen-bond donors (Lipinski definition) is 1. The summed E-state index contributed by atoms with van der Waals surface area (Å²) in [6.45, 7) is 6.30. The van der Waals surface area contributed by atoms with Crippen LogP contribution < -0.4 is 4.74 Å². The third-order valence-electron chi connectivity index (χ3n) is 5.84. The SMILES string of the molecule is CC(C)=CCCC(C)CN(Cc1cccc(OC2=CCC(F)C=C2)c1)S(=O)(=O)c1cc(Cl)cc(Cl)c1O. The zero-order chi connectivity index (χ0) is 27.2. The van der Waals surface area contributed by atoms with Crippen molar-refractivity contribution in [3.63, 3.8) is 0 Å². The molecule has 2 aromatic carbocycles. The third kappa shape index (κ3) is 8.34. The summed E-state index contributed by atoms with van der Waals surface area (Å²) >= 11 is 12.1. The maximum atomic E-state index is 13.8. The zero-order valence-electron chi connectivity index (χ0n) is 21.1. The van der Waals surface area contributed by atoms with Crippen LogP contribution in [0.15, 0.2) is 76.9 Å². The van der Waals surface area contributed by atoms with E-state index in [4.69, 9.17) is 27.9 Å². The Labute approximate surface area is 228 Å². The van der Waals surface area contributed by atoms with Gasteiger partial charge in [-0.05, 0) is 80.7 Å². The van der Waals surface area contributed by atoms with Gasteiger partial charge >= 0.3 is 0 Å². The second-order valence-corrected chi connectivity index (χ2v) is 12.2. The first-order chi connectivity index (χ1) is 17.5. The summed E-state index contributed by atoms with van der Waals surface area (Å²) in [7, 11) is -4.16. The van der Waals surface area contributed by atoms with Crippen LogP contribution in [0.1, 0.15) is 45.6 Å². The fourth-order valence-electron chi connectivity index (χ4n) is 3.92. The molecule has 1 aliphatic rings. The van der Waals surface area contributed by atoms with Crippen LogP contribution in [-0.2, 0) is 16.6 Å². The van der Waals surface area contributed by atoms with Crippen molar-refractivity contribution >= 4 is 33.2 Å². The van der Waals surface area contributed by atoms with Crippen LogP contribution in [0.3, 0.4) is 0 Å². The van der Waals surface area contributed by atoms with Gasteiger partial charge in [0, 0.05) is 24.5 Å². The molecule has 0 spiro atoms. The molecule has 9 heteroatoms. The number of allylic oxidation sites excluding steroid dienone is 5. The summed E-state index contributed by atoms with van der Waals surface area (Å²) in [6.07, 6.45) is 7.66. The fraction of sp³-hybridized carbons (Fsp3) is 0.357. The lowest BCUT2D eigenvalue weighted by Gasteiger charge is -2.26. The van der Waals surface area contributed by atoms with E-state index >= 15 is 0 Å². The van der Waals surface area contributed by atoms with Crippen molar-refractivity contribution in [2.75, 3.05) is 6.54 Å². The number of phenols is 1. The average Bonchev–Trinajstić information content (AvgIpc) is 2.82. The summed E-state index contributed by atoms with van der Waals surface area (Å²) in [5.74, 6) is 0.538. The summed E-state index contributed by atoms with van der Waals surface area (Å²) in [4.78, 5) is -0.341. The van der Waals surface area contributed by atoms with E-state index in [0.29, 0.717) is 17.1 Å². The number of phenolic OH excluding ortho intramolecular Hbond substituents is 1. The topological polar surface area (TPSA) is 66.8 Å². The van der Waals surface area contributed by atoms with Crippen molar-refractivity contribution in [2.24, 2.45) is 5.92 Å². The van der Waals surface area contributed by atoms with Crippen LogP contribution in [0.2, 0.25) is 10.0 Å². The van der Waals surface area contributed by atoms with Crippen LogP contribution in [0, 0.1) is 5.92 Å². The van der Waals surface area contributed by atoms with E-state index < -0.39 is 21.9 Å². The molecule has 5 nitrogen and oxygen atoms in total. The van der Waals surface area contributed by atoms with Crippen LogP contribution in [0.25, 0.3) is 0 Å². The van der Waals surface area contributed by atoms with Gasteiger partial charge in [0.2, 0.25) is 10.0 Å². The quantitative estimate of drug-likeness (QED) is 0.281. The standard InChI is InChI=1S/C28H32Cl2FNO4S/c1-19(2)6-4-7-20(3)17-32(37(34,35)27-16-22(29)15-26(30)28(27)33)18-21-8-5-9-25(14-21)36-24-12-10-23(31)11-13-24/h5-6,8-10,12-16,20,23,33H,4,7,11,17-18H2,1-3H3. The highest BCUT2D eigenvalue weighted by Crippen LogP contribution is 2.36. The van der Waals surface area contributed by atoms with Crippen molar-refractivity contribution in [2.45, 2.75) is 57.6 Å². The van der Waals surface area contributed by atoms with E-state index in [1.54, 1.807) is 36.4 Å². The number of rotatable bonds is 11. The Bertz CT molecular complexity index is 1300. The monoisotopic (exact) mass is 567 g/mol. The predicted octanol–water partition coefficient (Wildman–Crippen LogP) is 7.83. The molecule has 0 bridgehead atoms. The Hall–Kier alpha value is -2.32. The van der Waals surface area contributed by atoms with Crippen molar-refractivity contribution in [1.29, 1.82) is 0 Å². The lowest BCUT2D eigenvalue weighted by Crippen LogP contribution is -2.34. The number of aromatic hydroxyl groups is 1. The van der Waals surface area contributed by atoms with Gasteiger partial charge in [-0.2, -0.15) is 4.31 Å². The molecule has 37 heavy (non-hydrogen) atoms. The highest BCUT2D eigenvalue weighted by atomic mass is 35.5. The molecular formula is C28H32Cl2FNO4S. The highest BCUT2D eigenvalue weighted by Gasteiger charge is 2.30. The number of halogens is 3. The Morgan fingerprint density at radius 2 is 2.03 bits per heavy atom. The van der Waals surface area contributed by atoms with Crippen molar-refractivity contribution in [1.82, 2.24) is 4.31 Å². The van der Waals surface area contributed by atoms with Crippen LogP contribution in [-0.4, -0.2) is 30.5 Å². The van der Waals surface area contributed by atoms with Gasteiger partial charge in [-0.1, -0.05) is 53.9 Å². The van der Waals surface area contributed by atoms with Gasteiger partial charge in [0.05, 0.1) is 5.02 Å². The minimum Gasteiger partial charge on any atom is -0.505 e. The summed E-state index contributed by atoms with van der Waals surface area (Å²) < 4.78 is 48.1. The van der Waals surface area contributed by atoms with E-state index in [2.05, 4.69) is 6.08 Å². The van der Waals surface area contributed by atoms with Crippen LogP contribution >= 0.6 is 23.2 Å². The minimum atomic E-state index is -4.16. The van der Waals surface area contributed by atoms with Gasteiger partial charge in [-0.15, -0.1) is 0 Å². The average molecular weight is 569 g/mol. The molecule has 1 N–H and O–H groups in total. The number of benzene rings is 2. The second-order valence-electron chi connectivity index (χ2n) is 9.46. The van der Waals surface area contributed by atoms with Crippen molar-refractivity contribution < 1.29 is 22.7 Å². The first-order valence-electron chi connectivity index (χ1n) is 12.1. The van der Waals surface area contributed by atoms with Crippen molar-refractivity contribution in [3.8, 4) is 11.5 Å². The summed E-state index contributed by atoms with van der Waals surface area (Å²) in [5.41, 5.74) is 1.89. The molecule has 2 aromatic rings. The van der Waals surface area contributed by atoms with Crippen molar-refractivity contribution in [3.05, 3.63) is 87.6 Å². The zero-order valence-corrected chi connectivity index (χ0v) is 23.5. The van der Waals surface area contributed by atoms with Gasteiger partial charge < -0.3 is 9.84 Å². The number of alkyl halides is 1. The number of ether oxygens (including phenoxy) is 1. The largest absolute Gasteiger partial charge is 0.505 e. The molecular weight excluding hydrogens is 536 g/mol. The molecule has 0 heterocycles. The van der Waals surface area contributed by atoms with Gasteiger partial charge in [0.25, 0.3) is 0 Å². The van der Waals surface area contributed by atoms with Gasteiger partial charge in [-0.3, -0.25) is 0 Å². The van der Waals surface area contributed by atoms with Crippen LogP contribution in [0.5, 0.6) is 11.5 Å². The summed E-state index contributed by atoms with van der Waals surface area (Å²) in [6, 6.07) is 9.58. The van der Waals surface area contributed by atoms with Gasteiger partial charge in [0.1, 0.15) is 22.6 Å². The molecule has 0 aliphatic heterocycles. The molecule has 0 amide bonds. The molecule has 1 aliphatic carbocycles. The first kappa shape index (κ1) is 29.2. The van der Waals surface area contributed by atoms with E-state index in [1.807, 2.05) is 20.8 Å². The Balaban J connectivity index is 1.89. The van der Waals surface area contributed by atoms with Crippen LogP contribution in [0.4, 0.5) is 4.39 Å². The predicted molar refractivity (Wildman–Crippen MR) is 147 cm³/mol. The molecule has 0 aromatic heterocycles. The molecule has 0 saturated carbocycles. The van der Waals surface area contributed by atoms with E-state index in [9.17, 15) is 17.9 Å². The smallest absolute Gasteiger partial charge is 0.247 e. The lowest BCUT2D eigenvalue weighted by atomic mass is 10.0. The number of nitrogens with zero attached hydrogens (tertiary/aromatic N) is 1. The minimum absolute atomic E-state index is 0.0350. The normalized spacial score (nSPS) is 16.4. The Morgan fingerprint density at radius 1 is 1.27 bits per heavy atom. The fourth-order valence-corrected chi connectivity index (χ4v) is 6.21. The summed E-state index contributed by atoms with van der Waals surface area (Å²) in [5, 5.41) is 10.5. The highest BCUT2D eigenvalue weighted by molar-refractivity contribution is 7.89. The molecule has 3 rings (SSSR count). The number of sulfonamides is 1. The molecule has 0 radical (unpaired) electrons. The lowest BCUT2D eigenvalue weighted by molar-refractivity contribution is 0.337. The molecule has 200 valence electrons. The maximum absolute atomic E-state index is 13.8. The first-order valence-corrected chi connectivity index (χ1v) is 14.3. The van der Waals surface area contributed by atoms with E-state index in [1.165, 1.54) is 28.1 Å². The Kier molecular flexibility index (Phi) is 10.2. The van der Waals surface area contributed by atoms with Gasteiger partial charge in [-0.25, -0.2) is 12.8 Å². The molecule has 0 saturated heterocycles. The molecule has 2 unspecified atom stereocenters. The van der Waals surface area contributed by atoms with Gasteiger partial charge in [0.15, 0.2) is 5.75 Å². The second kappa shape index (κ2) is 13.0. The molecule has 2 atom stereocenters. The third-order valence-corrected chi connectivity index (χ3v) is 8.18. The maximum Gasteiger partial charge on any atom is 0.247 e. The molecule has 0 fully saturated rings. The Morgan fingerprint density at radius 3 is 2.70 bits per heavy atom.